The Balaban J connectivity index is 5.23. The van der Waals surface area contributed by atoms with Crippen molar-refractivity contribution in [3.63, 3.8) is 0 Å². The van der Waals surface area contributed by atoms with E-state index in [1.54, 1.807) is 0 Å². The van der Waals surface area contributed by atoms with Crippen LogP contribution in [-0.4, -0.2) is 96.7 Å². The summed E-state index contributed by atoms with van der Waals surface area (Å²) in [6.07, 6.45) is 40.3. The molecule has 0 aromatic rings. The highest BCUT2D eigenvalue weighted by Crippen LogP contribution is 2.45. The highest BCUT2D eigenvalue weighted by molar-refractivity contribution is 7.47. The standard InChI is InChI=1S/C65H126O17P2/c1-7-10-12-14-16-17-18-24-31-37-43-49-64(69)81-60(53-75-62(67)47-41-35-27-15-13-11-8-2)55-79-83(71,72)77-51-59(66)52-78-84(73,74)80-56-61(54-76-63(68)48-42-36-30-26-21-22-28-33-39-45-57(4)5)82-65(70)50-44-38-32-25-20-19-23-29-34-40-46-58(6)9-3/h57-61,66H,7-56H2,1-6H3,(H,71,72)(H,73,74)/t58?,59-,60+,61+/m0/s1. The van der Waals surface area contributed by atoms with Crippen LogP contribution in [0.25, 0.3) is 0 Å². The number of phosphoric acid groups is 2. The van der Waals surface area contributed by atoms with Gasteiger partial charge < -0.3 is 33.8 Å². The number of esters is 4. The number of aliphatic hydroxyl groups is 1. The molecule has 19 heteroatoms. The van der Waals surface area contributed by atoms with Gasteiger partial charge in [-0.25, -0.2) is 9.13 Å². The zero-order valence-corrected chi connectivity index (χ0v) is 56.0. The van der Waals surface area contributed by atoms with Crippen LogP contribution in [0.4, 0.5) is 0 Å². The average Bonchev–Trinajstić information content (AvgIpc) is 3.48. The van der Waals surface area contributed by atoms with Crippen molar-refractivity contribution in [3.05, 3.63) is 0 Å². The number of unbranched alkanes of at least 4 members (excludes halogenated alkanes) is 33. The molecule has 0 heterocycles. The van der Waals surface area contributed by atoms with E-state index in [4.69, 9.17) is 37.0 Å². The Morgan fingerprint density at radius 2 is 0.607 bits per heavy atom. The normalized spacial score (nSPS) is 14.6. The van der Waals surface area contributed by atoms with Gasteiger partial charge in [-0.05, 0) is 37.5 Å². The van der Waals surface area contributed by atoms with Crippen LogP contribution in [0.15, 0.2) is 0 Å². The Hall–Kier alpha value is -1.94. The lowest BCUT2D eigenvalue weighted by Gasteiger charge is -2.21. The molecular weight excluding hydrogens is 1110 g/mol. The van der Waals surface area contributed by atoms with Crippen molar-refractivity contribution in [1.29, 1.82) is 0 Å². The minimum Gasteiger partial charge on any atom is -0.462 e. The number of phosphoric ester groups is 2. The van der Waals surface area contributed by atoms with Gasteiger partial charge in [-0.2, -0.15) is 0 Å². The van der Waals surface area contributed by atoms with Crippen molar-refractivity contribution in [1.82, 2.24) is 0 Å². The van der Waals surface area contributed by atoms with Gasteiger partial charge in [-0.1, -0.05) is 273 Å². The number of rotatable bonds is 64. The van der Waals surface area contributed by atoms with Gasteiger partial charge in [-0.15, -0.1) is 0 Å². The topological polar surface area (TPSA) is 237 Å². The predicted molar refractivity (Wildman–Crippen MR) is 335 cm³/mol. The molecule has 0 aliphatic heterocycles. The maximum absolute atomic E-state index is 13.0. The predicted octanol–water partition coefficient (Wildman–Crippen LogP) is 18.0. The minimum absolute atomic E-state index is 0.106. The molecule has 3 N–H and O–H groups in total. The lowest BCUT2D eigenvalue weighted by Crippen LogP contribution is -2.30. The van der Waals surface area contributed by atoms with Crippen molar-refractivity contribution < 1.29 is 80.2 Å². The fourth-order valence-electron chi connectivity index (χ4n) is 9.68. The first-order valence-electron chi connectivity index (χ1n) is 34.0. The molecular formula is C65H126O17P2. The van der Waals surface area contributed by atoms with E-state index < -0.39 is 97.5 Å². The molecule has 0 fully saturated rings. The third-order valence-corrected chi connectivity index (χ3v) is 17.2. The van der Waals surface area contributed by atoms with Gasteiger partial charge in [-0.3, -0.25) is 37.3 Å². The molecule has 0 bridgehead atoms. The maximum Gasteiger partial charge on any atom is 0.472 e. The molecule has 6 atom stereocenters. The Bertz CT molecular complexity index is 1650. The maximum atomic E-state index is 13.0. The SMILES string of the molecule is CCCCCCCCCCCCCC(=O)O[C@H](COC(=O)CCCCCCCCC)COP(=O)(O)OC[C@H](O)COP(=O)(O)OC[C@@H](COC(=O)CCCCCCCCCCCC(C)C)OC(=O)CCCCCCCCCCCCC(C)CC. The third kappa shape index (κ3) is 57.8. The fourth-order valence-corrected chi connectivity index (χ4v) is 11.3. The second-order valence-electron chi connectivity index (χ2n) is 24.2. The monoisotopic (exact) mass is 1240 g/mol. The molecule has 3 unspecified atom stereocenters. The minimum atomic E-state index is -4.95. The summed E-state index contributed by atoms with van der Waals surface area (Å²) in [5.74, 6) is -0.589. The molecule has 0 amide bonds. The summed E-state index contributed by atoms with van der Waals surface area (Å²) in [6, 6.07) is 0. The van der Waals surface area contributed by atoms with E-state index in [9.17, 15) is 43.2 Å². The summed E-state index contributed by atoms with van der Waals surface area (Å²) in [5, 5.41) is 10.5. The van der Waals surface area contributed by atoms with Gasteiger partial charge in [0.15, 0.2) is 12.2 Å². The number of aliphatic hydroxyl groups excluding tert-OH is 1. The highest BCUT2D eigenvalue weighted by atomic mass is 31.2. The largest absolute Gasteiger partial charge is 0.472 e. The van der Waals surface area contributed by atoms with E-state index in [0.29, 0.717) is 25.7 Å². The van der Waals surface area contributed by atoms with Gasteiger partial charge in [0, 0.05) is 25.7 Å². The molecule has 84 heavy (non-hydrogen) atoms. The summed E-state index contributed by atoms with van der Waals surface area (Å²) >= 11 is 0. The van der Waals surface area contributed by atoms with Crippen LogP contribution < -0.4 is 0 Å². The van der Waals surface area contributed by atoms with Gasteiger partial charge in [0.1, 0.15) is 19.3 Å². The van der Waals surface area contributed by atoms with Crippen molar-refractivity contribution in [2.75, 3.05) is 39.6 Å². The molecule has 0 saturated carbocycles. The average molecular weight is 1240 g/mol. The van der Waals surface area contributed by atoms with Gasteiger partial charge in [0.2, 0.25) is 0 Å². The summed E-state index contributed by atoms with van der Waals surface area (Å²) in [4.78, 5) is 72.2. The molecule has 498 valence electrons. The van der Waals surface area contributed by atoms with Crippen LogP contribution >= 0.6 is 15.6 Å². The van der Waals surface area contributed by atoms with Gasteiger partial charge in [0.05, 0.1) is 26.4 Å². The Kier molecular flexibility index (Phi) is 56.2. The first-order valence-corrected chi connectivity index (χ1v) is 37.0. The zero-order chi connectivity index (χ0) is 62.2. The van der Waals surface area contributed by atoms with Gasteiger partial charge in [0.25, 0.3) is 0 Å². The number of ether oxygens (including phenoxy) is 4. The van der Waals surface area contributed by atoms with Crippen molar-refractivity contribution in [3.8, 4) is 0 Å². The Morgan fingerprint density at radius 3 is 0.905 bits per heavy atom. The second-order valence-corrected chi connectivity index (χ2v) is 27.1. The molecule has 0 rings (SSSR count). The molecule has 0 aromatic carbocycles. The fraction of sp³-hybridized carbons (Fsp3) is 0.938. The quantitative estimate of drug-likeness (QED) is 0.0222. The summed E-state index contributed by atoms with van der Waals surface area (Å²) in [6.45, 7) is 9.47. The molecule has 0 saturated heterocycles. The first kappa shape index (κ1) is 82.1. The van der Waals surface area contributed by atoms with Crippen LogP contribution in [0.3, 0.4) is 0 Å². The zero-order valence-electron chi connectivity index (χ0n) is 54.2. The molecule has 0 aliphatic rings. The molecule has 0 spiro atoms. The van der Waals surface area contributed by atoms with E-state index in [0.717, 1.165) is 115 Å². The highest BCUT2D eigenvalue weighted by Gasteiger charge is 2.30. The van der Waals surface area contributed by atoms with E-state index >= 15 is 0 Å². The number of carbonyl (C=O) groups is 4. The molecule has 0 aromatic heterocycles. The first-order chi connectivity index (χ1) is 40.4. The van der Waals surface area contributed by atoms with E-state index in [-0.39, 0.29) is 25.7 Å². The van der Waals surface area contributed by atoms with Crippen molar-refractivity contribution in [2.24, 2.45) is 11.8 Å². The van der Waals surface area contributed by atoms with Crippen LogP contribution in [0.1, 0.15) is 324 Å². The third-order valence-electron chi connectivity index (χ3n) is 15.3. The van der Waals surface area contributed by atoms with E-state index in [2.05, 4.69) is 41.5 Å². The number of hydrogen-bond acceptors (Lipinski definition) is 15. The lowest BCUT2D eigenvalue weighted by molar-refractivity contribution is -0.161. The lowest BCUT2D eigenvalue weighted by atomic mass is 9.99. The second kappa shape index (κ2) is 57.5. The summed E-state index contributed by atoms with van der Waals surface area (Å²) in [7, 11) is -9.88. The Morgan fingerprint density at radius 1 is 0.345 bits per heavy atom. The summed E-state index contributed by atoms with van der Waals surface area (Å²) < 4.78 is 68.0. The molecule has 17 nitrogen and oxygen atoms in total. The molecule has 0 radical (unpaired) electrons. The number of carbonyl (C=O) groups excluding carboxylic acids is 4. The van der Waals surface area contributed by atoms with E-state index in [1.165, 1.54) is 128 Å². The van der Waals surface area contributed by atoms with Crippen LogP contribution in [0.2, 0.25) is 0 Å². The van der Waals surface area contributed by atoms with Gasteiger partial charge >= 0.3 is 39.5 Å². The Labute approximate surface area is 511 Å². The van der Waals surface area contributed by atoms with Crippen LogP contribution in [0, 0.1) is 11.8 Å². The van der Waals surface area contributed by atoms with Crippen LogP contribution in [0.5, 0.6) is 0 Å². The van der Waals surface area contributed by atoms with Crippen molar-refractivity contribution in [2.45, 2.75) is 342 Å². The van der Waals surface area contributed by atoms with Crippen molar-refractivity contribution >= 4 is 39.5 Å². The van der Waals surface area contributed by atoms with Crippen LogP contribution in [-0.2, 0) is 65.4 Å². The smallest absolute Gasteiger partial charge is 0.462 e. The number of hydrogen-bond donors (Lipinski definition) is 3. The summed E-state index contributed by atoms with van der Waals surface area (Å²) in [5.41, 5.74) is 0. The molecule has 0 aliphatic carbocycles. The van der Waals surface area contributed by atoms with E-state index in [1.807, 2.05) is 0 Å².